The van der Waals surface area contributed by atoms with Crippen LogP contribution in [0.25, 0.3) is 5.57 Å². The van der Waals surface area contributed by atoms with Gasteiger partial charge < -0.3 is 19.5 Å². The van der Waals surface area contributed by atoms with Gasteiger partial charge in [0.25, 0.3) is 11.8 Å². The summed E-state index contributed by atoms with van der Waals surface area (Å²) in [5, 5.41) is 3.16. The number of benzene rings is 3. The first-order chi connectivity index (χ1) is 16.4. The van der Waals surface area contributed by atoms with Gasteiger partial charge in [-0.15, -0.1) is 0 Å². The van der Waals surface area contributed by atoms with Gasteiger partial charge in [0.2, 0.25) is 0 Å². The Morgan fingerprint density at radius 1 is 0.735 bits per heavy atom. The van der Waals surface area contributed by atoms with Gasteiger partial charge in [0.05, 0.1) is 38.3 Å². The van der Waals surface area contributed by atoms with Crippen molar-refractivity contribution in [2.75, 3.05) is 31.5 Å². The number of rotatable bonds is 7. The smallest absolute Gasteiger partial charge is 0.282 e. The standard InChI is InChI=1S/C27H26N2O5/c1-16-10-11-18(14-17(16)2)24-25(28-20-13-12-19(32-3)15-23(20)34-5)27(31)29(26(24)30)21-8-6-7-9-22(21)33-4/h6-15,28H,1-5H3. The number of hydrogen-bond acceptors (Lipinski definition) is 6. The quantitative estimate of drug-likeness (QED) is 0.516. The van der Waals surface area contributed by atoms with Crippen LogP contribution in [-0.4, -0.2) is 33.1 Å². The van der Waals surface area contributed by atoms with Crippen molar-refractivity contribution < 1.29 is 23.8 Å². The van der Waals surface area contributed by atoms with E-state index in [2.05, 4.69) is 5.32 Å². The maximum Gasteiger partial charge on any atom is 0.282 e. The van der Waals surface area contributed by atoms with Crippen LogP contribution < -0.4 is 24.4 Å². The van der Waals surface area contributed by atoms with E-state index in [1.54, 1.807) is 49.6 Å². The topological polar surface area (TPSA) is 77.1 Å². The molecule has 0 radical (unpaired) electrons. The van der Waals surface area contributed by atoms with Crippen molar-refractivity contribution in [3.05, 3.63) is 83.1 Å². The number of nitrogens with zero attached hydrogens (tertiary/aromatic N) is 1. The Morgan fingerprint density at radius 2 is 1.47 bits per heavy atom. The summed E-state index contributed by atoms with van der Waals surface area (Å²) in [7, 11) is 4.59. The van der Waals surface area contributed by atoms with Gasteiger partial charge in [-0.25, -0.2) is 4.90 Å². The third-order valence-corrected chi connectivity index (χ3v) is 5.87. The lowest BCUT2D eigenvalue weighted by molar-refractivity contribution is -0.120. The van der Waals surface area contributed by atoms with Crippen molar-refractivity contribution in [1.29, 1.82) is 0 Å². The molecule has 34 heavy (non-hydrogen) atoms. The molecular formula is C27H26N2O5. The maximum atomic E-state index is 13.7. The summed E-state index contributed by atoms with van der Waals surface area (Å²) in [5.74, 6) is 0.581. The number of anilines is 2. The fourth-order valence-corrected chi connectivity index (χ4v) is 3.88. The fourth-order valence-electron chi connectivity index (χ4n) is 3.88. The van der Waals surface area contributed by atoms with Crippen molar-refractivity contribution in [2.24, 2.45) is 0 Å². The van der Waals surface area contributed by atoms with E-state index in [0.29, 0.717) is 34.2 Å². The molecule has 0 fully saturated rings. The SMILES string of the molecule is COc1ccc(NC2=C(c3ccc(C)c(C)c3)C(=O)N(c3ccccc3OC)C2=O)c(OC)c1. The summed E-state index contributed by atoms with van der Waals surface area (Å²) in [5.41, 5.74) is 4.09. The predicted molar refractivity (Wildman–Crippen MR) is 131 cm³/mol. The van der Waals surface area contributed by atoms with Gasteiger partial charge in [-0.2, -0.15) is 0 Å². The minimum Gasteiger partial charge on any atom is -0.497 e. The van der Waals surface area contributed by atoms with Crippen molar-refractivity contribution >= 4 is 28.8 Å². The highest BCUT2D eigenvalue weighted by Gasteiger charge is 2.41. The van der Waals surface area contributed by atoms with Crippen LogP contribution in [0.5, 0.6) is 17.2 Å². The summed E-state index contributed by atoms with van der Waals surface area (Å²) in [6, 6.07) is 17.8. The molecular weight excluding hydrogens is 432 g/mol. The molecule has 0 saturated carbocycles. The molecule has 0 atom stereocenters. The molecule has 0 bridgehead atoms. The molecule has 7 nitrogen and oxygen atoms in total. The Hall–Kier alpha value is -4.26. The minimum atomic E-state index is -0.486. The zero-order chi connectivity index (χ0) is 24.4. The van der Waals surface area contributed by atoms with Crippen LogP contribution in [0.2, 0.25) is 0 Å². The molecule has 1 aliphatic rings. The van der Waals surface area contributed by atoms with Gasteiger partial charge in [-0.1, -0.05) is 30.3 Å². The molecule has 1 heterocycles. The molecule has 0 unspecified atom stereocenters. The Morgan fingerprint density at radius 3 is 2.15 bits per heavy atom. The predicted octanol–water partition coefficient (Wildman–Crippen LogP) is 4.73. The summed E-state index contributed by atoms with van der Waals surface area (Å²) >= 11 is 0. The Labute approximate surface area is 198 Å². The number of methoxy groups -OCH3 is 3. The number of ether oxygens (including phenoxy) is 3. The monoisotopic (exact) mass is 458 g/mol. The summed E-state index contributed by atoms with van der Waals surface area (Å²) in [6.07, 6.45) is 0. The number of imide groups is 1. The molecule has 0 aliphatic carbocycles. The average molecular weight is 459 g/mol. The summed E-state index contributed by atoms with van der Waals surface area (Å²) < 4.78 is 16.2. The first-order valence-electron chi connectivity index (χ1n) is 10.7. The molecule has 3 aromatic carbocycles. The first kappa shape index (κ1) is 22.9. The van der Waals surface area contributed by atoms with E-state index < -0.39 is 11.8 Å². The van der Waals surface area contributed by atoms with Crippen LogP contribution in [0.4, 0.5) is 11.4 Å². The molecule has 3 aromatic rings. The third-order valence-electron chi connectivity index (χ3n) is 5.87. The molecule has 174 valence electrons. The molecule has 1 N–H and O–H groups in total. The fraction of sp³-hybridized carbons (Fsp3) is 0.185. The highest BCUT2D eigenvalue weighted by atomic mass is 16.5. The number of carbonyl (C=O) groups is 2. The Bertz CT molecular complexity index is 1310. The second-order valence-corrected chi connectivity index (χ2v) is 7.86. The van der Waals surface area contributed by atoms with Gasteiger partial charge in [-0.3, -0.25) is 9.59 Å². The number of para-hydroxylation sites is 2. The Kier molecular flexibility index (Phi) is 6.27. The van der Waals surface area contributed by atoms with Crippen LogP contribution in [-0.2, 0) is 9.59 Å². The van der Waals surface area contributed by atoms with Crippen LogP contribution >= 0.6 is 0 Å². The molecule has 4 rings (SSSR count). The normalized spacial score (nSPS) is 13.4. The van der Waals surface area contributed by atoms with E-state index in [-0.39, 0.29) is 11.3 Å². The van der Waals surface area contributed by atoms with Gasteiger partial charge in [0.1, 0.15) is 22.9 Å². The molecule has 0 saturated heterocycles. The lowest BCUT2D eigenvalue weighted by Gasteiger charge is -2.18. The minimum absolute atomic E-state index is 0.155. The zero-order valence-electron chi connectivity index (χ0n) is 19.8. The van der Waals surface area contributed by atoms with Crippen molar-refractivity contribution in [2.45, 2.75) is 13.8 Å². The van der Waals surface area contributed by atoms with Gasteiger partial charge >= 0.3 is 0 Å². The van der Waals surface area contributed by atoms with Gasteiger partial charge in [-0.05, 0) is 54.8 Å². The van der Waals surface area contributed by atoms with Crippen molar-refractivity contribution in [1.82, 2.24) is 0 Å². The van der Waals surface area contributed by atoms with Crippen molar-refractivity contribution in [3.63, 3.8) is 0 Å². The second-order valence-electron chi connectivity index (χ2n) is 7.86. The lowest BCUT2D eigenvalue weighted by Crippen LogP contribution is -2.32. The number of nitrogens with one attached hydrogen (secondary N) is 1. The third kappa shape index (κ3) is 3.96. The van der Waals surface area contributed by atoms with Crippen LogP contribution in [0.15, 0.2) is 66.4 Å². The summed E-state index contributed by atoms with van der Waals surface area (Å²) in [4.78, 5) is 28.6. The number of carbonyl (C=O) groups excluding carboxylic acids is 2. The van der Waals surface area contributed by atoms with Crippen LogP contribution in [0, 0.1) is 13.8 Å². The lowest BCUT2D eigenvalue weighted by atomic mass is 9.99. The molecule has 0 aromatic heterocycles. The van der Waals surface area contributed by atoms with E-state index in [1.807, 2.05) is 32.0 Å². The van der Waals surface area contributed by atoms with Gasteiger partial charge in [0.15, 0.2) is 0 Å². The number of aryl methyl sites for hydroxylation is 2. The highest BCUT2D eigenvalue weighted by molar-refractivity contribution is 6.46. The number of amides is 2. The maximum absolute atomic E-state index is 13.7. The van der Waals surface area contributed by atoms with Crippen LogP contribution in [0.3, 0.4) is 0 Å². The molecule has 0 spiro atoms. The highest BCUT2D eigenvalue weighted by Crippen LogP contribution is 2.39. The largest absolute Gasteiger partial charge is 0.497 e. The number of hydrogen-bond donors (Lipinski definition) is 1. The molecule has 1 aliphatic heterocycles. The van der Waals surface area contributed by atoms with E-state index in [0.717, 1.165) is 16.0 Å². The van der Waals surface area contributed by atoms with E-state index in [4.69, 9.17) is 14.2 Å². The van der Waals surface area contributed by atoms with E-state index in [9.17, 15) is 9.59 Å². The van der Waals surface area contributed by atoms with Crippen molar-refractivity contribution in [3.8, 4) is 17.2 Å². The second kappa shape index (κ2) is 9.31. The summed E-state index contributed by atoms with van der Waals surface area (Å²) in [6.45, 7) is 3.97. The van der Waals surface area contributed by atoms with Crippen LogP contribution in [0.1, 0.15) is 16.7 Å². The first-order valence-corrected chi connectivity index (χ1v) is 10.7. The van der Waals surface area contributed by atoms with E-state index >= 15 is 0 Å². The van der Waals surface area contributed by atoms with Gasteiger partial charge in [0, 0.05) is 6.07 Å². The molecule has 2 amide bonds. The average Bonchev–Trinajstić information content (AvgIpc) is 3.09. The molecule has 7 heteroatoms. The Balaban J connectivity index is 1.88. The van der Waals surface area contributed by atoms with E-state index in [1.165, 1.54) is 14.2 Å². The zero-order valence-corrected chi connectivity index (χ0v) is 19.8.